The number of imide groups is 1. The third kappa shape index (κ3) is 5.17. The Morgan fingerprint density at radius 2 is 1.83 bits per heavy atom. The fourth-order valence-corrected chi connectivity index (χ4v) is 7.18. The molecule has 3 aliphatic heterocycles. The van der Waals surface area contributed by atoms with E-state index in [0.717, 1.165) is 4.90 Å². The molecule has 5 rings (SSSR count). The number of hydrogen-bond acceptors (Lipinski definition) is 11. The smallest absolute Gasteiger partial charge is 0.352 e. The molecule has 2 aromatic rings. The number of aliphatic carboxylic acids is 2. The van der Waals surface area contributed by atoms with Gasteiger partial charge in [-0.1, -0.05) is 23.9 Å². The number of carbonyl (C=O) groups is 6. The van der Waals surface area contributed by atoms with Crippen molar-refractivity contribution in [1.29, 1.82) is 0 Å². The number of rotatable bonds is 11. The average molecular weight is 602 g/mol. The number of carbonyl (C=O) groups excluding carboxylic acids is 4. The van der Waals surface area contributed by atoms with Crippen molar-refractivity contribution >= 4 is 59.1 Å². The van der Waals surface area contributed by atoms with Crippen LogP contribution in [0.1, 0.15) is 40.0 Å². The fourth-order valence-electron chi connectivity index (χ4n) is 4.85. The van der Waals surface area contributed by atoms with Crippen LogP contribution in [-0.4, -0.2) is 105 Å². The molecule has 1 fully saturated rings. The first-order chi connectivity index (χ1) is 19.6. The van der Waals surface area contributed by atoms with Crippen LogP contribution in [0.25, 0.3) is 0 Å². The first-order valence-corrected chi connectivity index (χ1v) is 14.4. The van der Waals surface area contributed by atoms with Crippen molar-refractivity contribution in [1.82, 2.24) is 35.3 Å². The van der Waals surface area contributed by atoms with Gasteiger partial charge >= 0.3 is 11.9 Å². The standard InChI is InChI=1S/C24H23N7O8S2/c1-29-24(26-27-28-29)41-10-11-9-40-21-16(20(35)31(21)17(11)23(38)39)25-15(32)8-4-7-14(22(36)37)30-18(33)12-5-2-3-6-13(12)19(30)34/h2-3,5-6,14,16,21H,4,7-10H2,1H3,(H,25,32)(H,36,37)(H,38,39)/t14?,16?,21-/m0/s1. The number of hydrogen-bond donors (Lipinski definition) is 3. The van der Waals surface area contributed by atoms with E-state index in [4.69, 9.17) is 0 Å². The van der Waals surface area contributed by atoms with Crippen molar-refractivity contribution in [3.63, 3.8) is 0 Å². The Morgan fingerprint density at radius 1 is 1.15 bits per heavy atom. The number of benzene rings is 1. The van der Waals surface area contributed by atoms with E-state index in [1.807, 2.05) is 0 Å². The van der Waals surface area contributed by atoms with Crippen molar-refractivity contribution in [2.75, 3.05) is 11.5 Å². The van der Waals surface area contributed by atoms with Gasteiger partial charge in [0.05, 0.1) is 11.1 Å². The second-order valence-corrected chi connectivity index (χ2v) is 11.4. The number of aryl methyl sites for hydroxylation is 1. The van der Waals surface area contributed by atoms with Crippen LogP contribution in [0.5, 0.6) is 0 Å². The number of amides is 4. The Bertz CT molecular complexity index is 1470. The molecule has 0 spiro atoms. The summed E-state index contributed by atoms with van der Waals surface area (Å²) < 4.78 is 1.45. The second-order valence-electron chi connectivity index (χ2n) is 9.36. The van der Waals surface area contributed by atoms with Gasteiger partial charge < -0.3 is 15.5 Å². The Labute approximate surface area is 240 Å². The largest absolute Gasteiger partial charge is 0.480 e. The first kappa shape index (κ1) is 28.3. The minimum Gasteiger partial charge on any atom is -0.480 e. The second kappa shape index (κ2) is 11.3. The SMILES string of the molecule is Cn1nnnc1SCC1=C(C(=O)O)N2C(=O)C(NC(=O)CCCC(C(=O)O)N3C(=O)c4ccccc4C3=O)[C@@H]2SC1. The summed E-state index contributed by atoms with van der Waals surface area (Å²) in [4.78, 5) is 76.7. The van der Waals surface area contributed by atoms with Gasteiger partial charge in [0.1, 0.15) is 23.2 Å². The molecular weight excluding hydrogens is 578 g/mol. The van der Waals surface area contributed by atoms with Crippen LogP contribution >= 0.6 is 23.5 Å². The number of fused-ring (bicyclic) bond motifs is 2. The lowest BCUT2D eigenvalue weighted by molar-refractivity contribution is -0.150. The van der Waals surface area contributed by atoms with Crippen LogP contribution < -0.4 is 5.32 Å². The predicted octanol–water partition coefficient (Wildman–Crippen LogP) is -0.0395. The van der Waals surface area contributed by atoms with E-state index in [1.54, 1.807) is 19.2 Å². The Balaban J connectivity index is 1.17. The van der Waals surface area contributed by atoms with Crippen molar-refractivity contribution in [2.45, 2.75) is 41.9 Å². The first-order valence-electron chi connectivity index (χ1n) is 12.3. The number of tetrazole rings is 1. The quantitative estimate of drug-likeness (QED) is 0.176. The molecule has 1 aromatic carbocycles. The minimum absolute atomic E-state index is 0.0250. The van der Waals surface area contributed by atoms with Crippen LogP contribution in [0.15, 0.2) is 40.7 Å². The van der Waals surface area contributed by atoms with E-state index in [9.17, 15) is 39.0 Å². The number of aromatic nitrogens is 4. The summed E-state index contributed by atoms with van der Waals surface area (Å²) in [6.45, 7) is 0. The summed E-state index contributed by atoms with van der Waals surface area (Å²) in [5, 5.41) is 33.1. The van der Waals surface area contributed by atoms with Crippen LogP contribution in [0.4, 0.5) is 0 Å². The van der Waals surface area contributed by atoms with Crippen LogP contribution in [-0.2, 0) is 26.2 Å². The maximum Gasteiger partial charge on any atom is 0.352 e. The molecule has 0 radical (unpaired) electrons. The topological polar surface area (TPSA) is 205 Å². The normalized spacial score (nSPS) is 20.5. The predicted molar refractivity (Wildman–Crippen MR) is 141 cm³/mol. The third-order valence-corrected chi connectivity index (χ3v) is 9.26. The van der Waals surface area contributed by atoms with Gasteiger partial charge in [-0.15, -0.1) is 16.9 Å². The maximum absolute atomic E-state index is 12.9. The zero-order valence-electron chi connectivity index (χ0n) is 21.4. The van der Waals surface area contributed by atoms with Gasteiger partial charge in [0, 0.05) is 25.0 Å². The molecule has 4 heterocycles. The van der Waals surface area contributed by atoms with Crippen molar-refractivity contribution < 1.29 is 39.0 Å². The van der Waals surface area contributed by atoms with E-state index in [1.165, 1.54) is 40.3 Å². The Morgan fingerprint density at radius 3 is 2.41 bits per heavy atom. The molecule has 1 saturated heterocycles. The lowest BCUT2D eigenvalue weighted by atomic mass is 10.0. The molecule has 41 heavy (non-hydrogen) atoms. The van der Waals surface area contributed by atoms with Crippen LogP contribution in [0, 0.1) is 0 Å². The van der Waals surface area contributed by atoms with Gasteiger partial charge in [0.15, 0.2) is 0 Å². The third-order valence-electron chi connectivity index (χ3n) is 6.83. The highest BCUT2D eigenvalue weighted by atomic mass is 32.2. The van der Waals surface area contributed by atoms with Gasteiger partial charge in [-0.05, 0) is 41.0 Å². The Hall–Kier alpha value is -4.25. The molecule has 1 aromatic heterocycles. The highest BCUT2D eigenvalue weighted by molar-refractivity contribution is 8.01. The summed E-state index contributed by atoms with van der Waals surface area (Å²) in [7, 11) is 1.65. The van der Waals surface area contributed by atoms with Crippen LogP contribution in [0.3, 0.4) is 0 Å². The van der Waals surface area contributed by atoms with E-state index < -0.39 is 53.0 Å². The Kier molecular flexibility index (Phi) is 7.81. The molecule has 3 N–H and O–H groups in total. The van der Waals surface area contributed by atoms with E-state index in [0.29, 0.717) is 21.4 Å². The number of β-lactam (4-membered cyclic amide) rings is 1. The lowest BCUT2D eigenvalue weighted by Crippen LogP contribution is -2.70. The van der Waals surface area contributed by atoms with Gasteiger partial charge in [0.2, 0.25) is 11.1 Å². The molecule has 2 unspecified atom stereocenters. The lowest BCUT2D eigenvalue weighted by Gasteiger charge is -2.49. The maximum atomic E-state index is 12.9. The number of thioether (sulfide) groups is 2. The molecule has 4 amide bonds. The van der Waals surface area contributed by atoms with Gasteiger partial charge in [-0.25, -0.2) is 14.3 Å². The molecule has 0 saturated carbocycles. The van der Waals surface area contributed by atoms with Gasteiger partial charge in [-0.3, -0.25) is 29.0 Å². The van der Waals surface area contributed by atoms with Crippen molar-refractivity contribution in [3.8, 4) is 0 Å². The zero-order valence-corrected chi connectivity index (χ0v) is 23.1. The number of nitrogens with one attached hydrogen (secondary N) is 1. The monoisotopic (exact) mass is 601 g/mol. The van der Waals surface area contributed by atoms with Gasteiger partial charge in [-0.2, -0.15) is 0 Å². The van der Waals surface area contributed by atoms with Crippen molar-refractivity contribution in [3.05, 3.63) is 46.7 Å². The fraction of sp³-hybridized carbons (Fsp3) is 0.375. The summed E-state index contributed by atoms with van der Waals surface area (Å²) in [6.07, 6.45) is -0.300. The van der Waals surface area contributed by atoms with Crippen molar-refractivity contribution in [2.24, 2.45) is 7.05 Å². The molecule has 3 aliphatic rings. The van der Waals surface area contributed by atoms with Crippen LogP contribution in [0.2, 0.25) is 0 Å². The summed E-state index contributed by atoms with van der Waals surface area (Å²) >= 11 is 2.56. The highest BCUT2D eigenvalue weighted by Crippen LogP contribution is 2.41. The van der Waals surface area contributed by atoms with E-state index >= 15 is 0 Å². The average Bonchev–Trinajstić information content (AvgIpc) is 3.47. The minimum atomic E-state index is -1.46. The summed E-state index contributed by atoms with van der Waals surface area (Å²) in [6, 6.07) is 3.66. The van der Waals surface area contributed by atoms with E-state index in [-0.39, 0.29) is 41.8 Å². The molecule has 15 nitrogen and oxygen atoms in total. The number of carboxylic acid groups (broad SMARTS) is 2. The summed E-state index contributed by atoms with van der Waals surface area (Å²) in [5.41, 5.74) is 0.651. The summed E-state index contributed by atoms with van der Waals surface area (Å²) in [5.74, 6) is -4.56. The molecule has 0 aliphatic carbocycles. The number of nitrogens with zero attached hydrogens (tertiary/aromatic N) is 6. The molecule has 3 atom stereocenters. The molecule has 214 valence electrons. The van der Waals surface area contributed by atoms with E-state index in [2.05, 4.69) is 20.8 Å². The molecular formula is C24H23N7O8S2. The zero-order chi connectivity index (χ0) is 29.4. The molecule has 0 bridgehead atoms. The molecule has 17 heteroatoms. The highest BCUT2D eigenvalue weighted by Gasteiger charge is 2.54. The number of carboxylic acids is 2. The van der Waals surface area contributed by atoms with Gasteiger partial charge in [0.25, 0.3) is 17.7 Å².